The van der Waals surface area contributed by atoms with Crippen molar-refractivity contribution in [2.24, 2.45) is 5.73 Å². The predicted octanol–water partition coefficient (Wildman–Crippen LogP) is 5.33. The molecule has 0 aromatic heterocycles. The summed E-state index contributed by atoms with van der Waals surface area (Å²) in [5.41, 5.74) is 6.82. The Morgan fingerprint density at radius 1 is 0.882 bits per heavy atom. The summed E-state index contributed by atoms with van der Waals surface area (Å²) in [6.45, 7) is 4.46. The maximum atomic E-state index is 5.28. The molecule has 0 unspecified atom stereocenters. The zero-order chi connectivity index (χ0) is 12.8. The molecule has 1 heteroatoms. The molecule has 0 aromatic carbocycles. The van der Waals surface area contributed by atoms with Crippen LogP contribution in [0.15, 0.2) is 23.9 Å². The Morgan fingerprint density at radius 2 is 1.41 bits per heavy atom. The number of hydrogen-bond acceptors (Lipinski definition) is 1. The summed E-state index contributed by atoms with van der Waals surface area (Å²) in [6, 6.07) is 0. The standard InChI is InChI=1S/C16H31N/c1-3-16(2)14-12-10-8-6-4-5-7-9-11-13-15-17/h13-15H,3-12,17H2,1-2H3. The van der Waals surface area contributed by atoms with Crippen LogP contribution in [-0.4, -0.2) is 0 Å². The molecule has 0 rings (SSSR count). The Labute approximate surface area is 108 Å². The highest BCUT2D eigenvalue weighted by molar-refractivity contribution is 4.96. The molecule has 0 heterocycles. The molecule has 100 valence electrons. The van der Waals surface area contributed by atoms with Crippen LogP contribution in [0.2, 0.25) is 0 Å². The van der Waals surface area contributed by atoms with E-state index in [0.717, 1.165) is 6.42 Å². The molecule has 0 aromatic rings. The van der Waals surface area contributed by atoms with Crippen LogP contribution >= 0.6 is 0 Å². The minimum atomic E-state index is 1.15. The maximum Gasteiger partial charge on any atom is -0.0103 e. The van der Waals surface area contributed by atoms with E-state index in [4.69, 9.17) is 5.73 Å². The SMILES string of the molecule is CCC(C)=CCCCCCCCCCC=CN. The summed E-state index contributed by atoms with van der Waals surface area (Å²) in [5, 5.41) is 0. The summed E-state index contributed by atoms with van der Waals surface area (Å²) in [6.07, 6.45) is 19.4. The van der Waals surface area contributed by atoms with Crippen LogP contribution in [0.1, 0.15) is 78.1 Å². The number of allylic oxidation sites excluding steroid dienone is 3. The molecule has 0 aliphatic carbocycles. The van der Waals surface area contributed by atoms with E-state index in [9.17, 15) is 0 Å². The van der Waals surface area contributed by atoms with Crippen LogP contribution in [0.5, 0.6) is 0 Å². The first-order valence-corrected chi connectivity index (χ1v) is 7.33. The third-order valence-corrected chi connectivity index (χ3v) is 3.26. The number of rotatable bonds is 11. The van der Waals surface area contributed by atoms with Gasteiger partial charge in [0.25, 0.3) is 0 Å². The fourth-order valence-corrected chi connectivity index (χ4v) is 1.88. The molecule has 0 amide bonds. The van der Waals surface area contributed by atoms with E-state index >= 15 is 0 Å². The Bertz CT molecular complexity index is 204. The molecule has 0 saturated carbocycles. The highest BCUT2D eigenvalue weighted by atomic mass is 14.5. The van der Waals surface area contributed by atoms with Crippen LogP contribution in [-0.2, 0) is 0 Å². The summed E-state index contributed by atoms with van der Waals surface area (Å²) < 4.78 is 0. The largest absolute Gasteiger partial charge is 0.405 e. The normalized spacial score (nSPS) is 12.5. The van der Waals surface area contributed by atoms with Gasteiger partial charge < -0.3 is 5.73 Å². The third-order valence-electron chi connectivity index (χ3n) is 3.26. The number of unbranched alkanes of at least 4 members (excludes halogenated alkanes) is 8. The van der Waals surface area contributed by atoms with E-state index in [0.29, 0.717) is 0 Å². The molecule has 0 fully saturated rings. The molecule has 17 heavy (non-hydrogen) atoms. The first-order chi connectivity index (χ1) is 8.31. The minimum absolute atomic E-state index is 1.15. The number of nitrogens with two attached hydrogens (primary N) is 1. The zero-order valence-electron chi connectivity index (χ0n) is 11.9. The minimum Gasteiger partial charge on any atom is -0.405 e. The summed E-state index contributed by atoms with van der Waals surface area (Å²) in [4.78, 5) is 0. The van der Waals surface area contributed by atoms with Crippen molar-refractivity contribution in [1.82, 2.24) is 0 Å². The lowest BCUT2D eigenvalue weighted by Gasteiger charge is -2.00. The smallest absolute Gasteiger partial charge is 0.0103 e. The third kappa shape index (κ3) is 13.2. The van der Waals surface area contributed by atoms with Gasteiger partial charge in [0.2, 0.25) is 0 Å². The Hall–Kier alpha value is -0.720. The van der Waals surface area contributed by atoms with Gasteiger partial charge in [-0.25, -0.2) is 0 Å². The van der Waals surface area contributed by atoms with Gasteiger partial charge in [0.15, 0.2) is 0 Å². The monoisotopic (exact) mass is 237 g/mol. The van der Waals surface area contributed by atoms with Crippen molar-refractivity contribution in [3.63, 3.8) is 0 Å². The second kappa shape index (κ2) is 13.3. The molecule has 2 N–H and O–H groups in total. The average molecular weight is 237 g/mol. The van der Waals surface area contributed by atoms with Gasteiger partial charge >= 0.3 is 0 Å². The van der Waals surface area contributed by atoms with Gasteiger partial charge in [-0.3, -0.25) is 0 Å². The Morgan fingerprint density at radius 3 is 1.94 bits per heavy atom. The van der Waals surface area contributed by atoms with Gasteiger partial charge in [-0.2, -0.15) is 0 Å². The molecule has 0 aliphatic heterocycles. The fourth-order valence-electron chi connectivity index (χ4n) is 1.88. The second-order valence-electron chi connectivity index (χ2n) is 4.88. The molecule has 0 aliphatic rings. The van der Waals surface area contributed by atoms with E-state index in [2.05, 4.69) is 26.0 Å². The van der Waals surface area contributed by atoms with Gasteiger partial charge in [-0.15, -0.1) is 0 Å². The van der Waals surface area contributed by atoms with E-state index in [1.54, 1.807) is 6.20 Å². The van der Waals surface area contributed by atoms with Gasteiger partial charge in [0, 0.05) is 0 Å². The highest BCUT2D eigenvalue weighted by Crippen LogP contribution is 2.11. The molecule has 0 spiro atoms. The summed E-state index contributed by atoms with van der Waals surface area (Å²) in [7, 11) is 0. The van der Waals surface area contributed by atoms with Crippen molar-refractivity contribution in [2.45, 2.75) is 78.1 Å². The molecule has 0 atom stereocenters. The Balaban J connectivity index is 3.08. The van der Waals surface area contributed by atoms with Crippen LogP contribution in [0, 0.1) is 0 Å². The lowest BCUT2D eigenvalue weighted by molar-refractivity contribution is 0.583. The molecule has 0 radical (unpaired) electrons. The maximum absolute atomic E-state index is 5.28. The van der Waals surface area contributed by atoms with Crippen molar-refractivity contribution in [2.75, 3.05) is 0 Å². The average Bonchev–Trinajstić information content (AvgIpc) is 2.35. The van der Waals surface area contributed by atoms with Gasteiger partial charge in [0.05, 0.1) is 0 Å². The zero-order valence-corrected chi connectivity index (χ0v) is 11.9. The quantitative estimate of drug-likeness (QED) is 0.381. The van der Waals surface area contributed by atoms with Crippen LogP contribution in [0.3, 0.4) is 0 Å². The molecule has 0 bridgehead atoms. The first-order valence-electron chi connectivity index (χ1n) is 7.33. The Kier molecular flexibility index (Phi) is 12.8. The van der Waals surface area contributed by atoms with Gasteiger partial charge in [0.1, 0.15) is 0 Å². The first kappa shape index (κ1) is 16.3. The van der Waals surface area contributed by atoms with Gasteiger partial charge in [-0.05, 0) is 45.2 Å². The van der Waals surface area contributed by atoms with Crippen molar-refractivity contribution >= 4 is 0 Å². The second-order valence-corrected chi connectivity index (χ2v) is 4.88. The fraction of sp³-hybridized carbons (Fsp3) is 0.750. The van der Waals surface area contributed by atoms with E-state index in [1.165, 1.54) is 63.4 Å². The van der Waals surface area contributed by atoms with E-state index in [-0.39, 0.29) is 0 Å². The topological polar surface area (TPSA) is 26.0 Å². The molecular weight excluding hydrogens is 206 g/mol. The van der Waals surface area contributed by atoms with E-state index < -0.39 is 0 Å². The highest BCUT2D eigenvalue weighted by Gasteiger charge is 1.91. The van der Waals surface area contributed by atoms with Crippen molar-refractivity contribution in [3.05, 3.63) is 23.9 Å². The predicted molar refractivity (Wildman–Crippen MR) is 78.9 cm³/mol. The van der Waals surface area contributed by atoms with Crippen molar-refractivity contribution < 1.29 is 0 Å². The van der Waals surface area contributed by atoms with E-state index in [1.807, 2.05) is 0 Å². The lowest BCUT2D eigenvalue weighted by Crippen LogP contribution is -1.81. The van der Waals surface area contributed by atoms with Crippen LogP contribution in [0.25, 0.3) is 0 Å². The van der Waals surface area contributed by atoms with Crippen LogP contribution < -0.4 is 5.73 Å². The summed E-state index contributed by atoms with van der Waals surface area (Å²) >= 11 is 0. The molecular formula is C16H31N. The molecule has 0 saturated heterocycles. The molecule has 1 nitrogen and oxygen atoms in total. The lowest BCUT2D eigenvalue weighted by atomic mass is 10.1. The summed E-state index contributed by atoms with van der Waals surface area (Å²) in [5.74, 6) is 0. The van der Waals surface area contributed by atoms with Crippen molar-refractivity contribution in [3.8, 4) is 0 Å². The van der Waals surface area contributed by atoms with Gasteiger partial charge in [-0.1, -0.05) is 56.8 Å². The van der Waals surface area contributed by atoms with Crippen LogP contribution in [0.4, 0.5) is 0 Å². The van der Waals surface area contributed by atoms with Crippen molar-refractivity contribution in [1.29, 1.82) is 0 Å². The number of hydrogen-bond donors (Lipinski definition) is 1.